The summed E-state index contributed by atoms with van der Waals surface area (Å²) in [6.07, 6.45) is 4.70. The summed E-state index contributed by atoms with van der Waals surface area (Å²) in [5, 5.41) is 16.7. The van der Waals surface area contributed by atoms with E-state index in [2.05, 4.69) is 20.6 Å². The Bertz CT molecular complexity index is 1480. The summed E-state index contributed by atoms with van der Waals surface area (Å²) in [7, 11) is -1.90. The smallest absolute Gasteiger partial charge is 0.278 e. The lowest BCUT2D eigenvalue weighted by atomic mass is 10.00. The maximum absolute atomic E-state index is 13.5. The zero-order chi connectivity index (χ0) is 29.6. The number of nitrogen functional groups attached to an aromatic ring is 1. The first-order valence-electron chi connectivity index (χ1n) is 13.9. The average Bonchev–Trinajstić information content (AvgIpc) is 2.93. The molecule has 3 aromatic rings. The van der Waals surface area contributed by atoms with Crippen LogP contribution in [0.25, 0.3) is 11.3 Å². The van der Waals surface area contributed by atoms with Crippen molar-refractivity contribution in [3.05, 3.63) is 59.9 Å². The van der Waals surface area contributed by atoms with Crippen LogP contribution in [0.1, 0.15) is 68.4 Å². The van der Waals surface area contributed by atoms with E-state index in [9.17, 15) is 18.3 Å². The minimum absolute atomic E-state index is 0.0333. The van der Waals surface area contributed by atoms with Gasteiger partial charge in [0.15, 0.2) is 21.3 Å². The number of para-hydroxylation sites is 1. The molecule has 0 fully saturated rings. The first-order chi connectivity index (χ1) is 19.5. The van der Waals surface area contributed by atoms with E-state index in [1.807, 2.05) is 19.2 Å². The number of rotatable bonds is 2. The molecule has 1 atom stereocenters. The number of carbonyl (C=O) groups is 1. The lowest BCUT2D eigenvalue weighted by Gasteiger charge is -2.27. The zero-order valence-electron chi connectivity index (χ0n) is 23.8. The summed E-state index contributed by atoms with van der Waals surface area (Å²) in [5.41, 5.74) is 8.33. The van der Waals surface area contributed by atoms with E-state index in [0.29, 0.717) is 42.3 Å². The number of aliphatic hydroxyl groups excluding tert-OH is 1. The van der Waals surface area contributed by atoms with Gasteiger partial charge >= 0.3 is 0 Å². The number of ether oxygens (including phenoxy) is 1. The van der Waals surface area contributed by atoms with E-state index in [1.165, 1.54) is 18.3 Å². The molecule has 0 saturated heterocycles. The summed E-state index contributed by atoms with van der Waals surface area (Å²) in [5.74, 6) is 0.00786. The molecule has 2 aliphatic heterocycles. The minimum atomic E-state index is -3.74. The topological polar surface area (TPSA) is 157 Å². The van der Waals surface area contributed by atoms with Gasteiger partial charge in [-0.3, -0.25) is 4.79 Å². The highest BCUT2D eigenvalue weighted by Crippen LogP contribution is 2.33. The Hall–Kier alpha value is -3.54. The zero-order valence-corrected chi connectivity index (χ0v) is 24.6. The Labute approximate surface area is 241 Å². The van der Waals surface area contributed by atoms with Gasteiger partial charge in [0, 0.05) is 17.7 Å². The first-order valence-corrected chi connectivity index (χ1v) is 15.4. The molecule has 3 heterocycles. The van der Waals surface area contributed by atoms with Crippen LogP contribution in [-0.4, -0.2) is 53.9 Å². The Kier molecular flexibility index (Phi) is 9.62. The fourth-order valence-electron chi connectivity index (χ4n) is 4.98. The Morgan fingerprint density at radius 3 is 2.59 bits per heavy atom. The van der Waals surface area contributed by atoms with Crippen LogP contribution in [0.5, 0.6) is 5.75 Å². The van der Waals surface area contributed by atoms with Crippen molar-refractivity contribution in [1.82, 2.24) is 15.3 Å². The molecule has 11 heteroatoms. The molecule has 0 saturated carbocycles. The van der Waals surface area contributed by atoms with Gasteiger partial charge in [-0.05, 0) is 58.4 Å². The number of nitrogens with zero attached hydrogens (tertiary/aromatic N) is 2. The van der Waals surface area contributed by atoms with Gasteiger partial charge in [-0.25, -0.2) is 18.4 Å². The standard InChI is InChI=1S/C30H39N5O5S/c1-30(2)17-22(36)10-6-4-5-7-16-40-27-21(18-32-3)9-8-11-24(27)35-29(37)26-28(31)33-19-25(34-26)20-12-14-23(15-13-20)41(30,38)39/h8-9,11-15,19,22,32,36H,4-7,10,16-18H2,1-3H3,(H2,31,33)(H,35,37). The molecule has 0 radical (unpaired) electrons. The van der Waals surface area contributed by atoms with Crippen molar-refractivity contribution < 1.29 is 23.1 Å². The Morgan fingerprint density at radius 1 is 1.12 bits per heavy atom. The Morgan fingerprint density at radius 2 is 1.85 bits per heavy atom. The van der Waals surface area contributed by atoms with Crippen LogP contribution in [-0.2, 0) is 16.4 Å². The molecule has 5 rings (SSSR count). The van der Waals surface area contributed by atoms with Crippen LogP contribution in [0.15, 0.2) is 53.6 Å². The number of amides is 1. The number of hydrogen-bond donors (Lipinski definition) is 4. The molecule has 0 spiro atoms. The number of nitrogens with one attached hydrogen (secondary N) is 2. The number of aromatic nitrogens is 2. The van der Waals surface area contributed by atoms with E-state index < -0.39 is 26.6 Å². The molecular formula is C30H39N5O5S. The fraction of sp³-hybridized carbons (Fsp3) is 0.433. The fourth-order valence-corrected chi connectivity index (χ4v) is 6.53. The summed E-state index contributed by atoms with van der Waals surface area (Å²) >= 11 is 0. The number of anilines is 2. The molecule has 1 aromatic heterocycles. The maximum atomic E-state index is 13.5. The predicted molar refractivity (Wildman–Crippen MR) is 160 cm³/mol. The lowest BCUT2D eigenvalue weighted by molar-refractivity contribution is 0.102. The molecule has 1 unspecified atom stereocenters. The van der Waals surface area contributed by atoms with E-state index in [4.69, 9.17) is 10.5 Å². The maximum Gasteiger partial charge on any atom is 0.278 e. The molecular weight excluding hydrogens is 542 g/mol. The van der Waals surface area contributed by atoms with Crippen LogP contribution in [0.4, 0.5) is 11.5 Å². The average molecular weight is 582 g/mol. The first kappa shape index (κ1) is 30.4. The molecule has 2 aliphatic rings. The minimum Gasteiger partial charge on any atom is -0.491 e. The van der Waals surface area contributed by atoms with Crippen LogP contribution in [0, 0.1) is 0 Å². The SMILES string of the molecule is CNCc1cccc2c1OCCCCCCC(O)CC(C)(C)S(=O)(=O)c1ccc(cc1)-c1cnc(N)c(n1)C(=O)N2. The van der Waals surface area contributed by atoms with E-state index >= 15 is 0 Å². The van der Waals surface area contributed by atoms with Gasteiger partial charge in [0.2, 0.25) is 0 Å². The van der Waals surface area contributed by atoms with E-state index in [-0.39, 0.29) is 22.8 Å². The monoisotopic (exact) mass is 581 g/mol. The van der Waals surface area contributed by atoms with Crippen molar-refractivity contribution in [2.24, 2.45) is 0 Å². The van der Waals surface area contributed by atoms with E-state index in [1.54, 1.807) is 32.0 Å². The number of benzene rings is 2. The molecule has 220 valence electrons. The highest BCUT2D eigenvalue weighted by molar-refractivity contribution is 7.92. The lowest BCUT2D eigenvalue weighted by Crippen LogP contribution is -2.36. The van der Waals surface area contributed by atoms with Crippen LogP contribution < -0.4 is 21.1 Å². The number of fused-ring (bicyclic) bond motifs is 13. The molecule has 10 nitrogen and oxygen atoms in total. The third-order valence-corrected chi connectivity index (χ3v) is 9.84. The largest absolute Gasteiger partial charge is 0.491 e. The molecule has 0 aliphatic carbocycles. The molecule has 5 N–H and O–H groups in total. The number of hydrogen-bond acceptors (Lipinski definition) is 9. The second kappa shape index (κ2) is 13.0. The van der Waals surface area contributed by atoms with Crippen molar-refractivity contribution in [2.45, 2.75) is 74.7 Å². The van der Waals surface area contributed by atoms with Crippen molar-refractivity contribution in [3.63, 3.8) is 0 Å². The summed E-state index contributed by atoms with van der Waals surface area (Å²) < 4.78 is 31.9. The molecule has 41 heavy (non-hydrogen) atoms. The second-order valence-corrected chi connectivity index (χ2v) is 13.5. The van der Waals surface area contributed by atoms with Gasteiger partial charge in [0.1, 0.15) is 5.75 Å². The summed E-state index contributed by atoms with van der Waals surface area (Å²) in [6, 6.07) is 11.8. The number of aliphatic hydroxyl groups is 1. The number of carbonyl (C=O) groups excluding carboxylic acids is 1. The van der Waals surface area contributed by atoms with Crippen molar-refractivity contribution in [1.29, 1.82) is 0 Å². The van der Waals surface area contributed by atoms with Gasteiger partial charge < -0.3 is 26.2 Å². The van der Waals surface area contributed by atoms with Gasteiger partial charge in [-0.1, -0.05) is 43.5 Å². The quantitative estimate of drug-likeness (QED) is 0.346. The van der Waals surface area contributed by atoms with Crippen molar-refractivity contribution >= 4 is 27.2 Å². The van der Waals surface area contributed by atoms with Gasteiger partial charge in [-0.15, -0.1) is 0 Å². The third kappa shape index (κ3) is 7.03. The van der Waals surface area contributed by atoms with Crippen LogP contribution >= 0.6 is 0 Å². The summed E-state index contributed by atoms with van der Waals surface area (Å²) in [6.45, 7) is 4.29. The summed E-state index contributed by atoms with van der Waals surface area (Å²) in [4.78, 5) is 22.1. The van der Waals surface area contributed by atoms with Gasteiger partial charge in [0.25, 0.3) is 5.91 Å². The van der Waals surface area contributed by atoms with Gasteiger partial charge in [-0.2, -0.15) is 0 Å². The van der Waals surface area contributed by atoms with Crippen molar-refractivity contribution in [3.8, 4) is 17.0 Å². The highest BCUT2D eigenvalue weighted by atomic mass is 32.2. The number of sulfone groups is 1. The normalized spacial score (nSPS) is 19.6. The van der Waals surface area contributed by atoms with Crippen molar-refractivity contribution in [2.75, 3.05) is 24.7 Å². The molecule has 1 amide bonds. The van der Waals surface area contributed by atoms with E-state index in [0.717, 1.165) is 31.2 Å². The van der Waals surface area contributed by atoms with Crippen LogP contribution in [0.3, 0.4) is 0 Å². The Balaban J connectivity index is 1.72. The predicted octanol–water partition coefficient (Wildman–Crippen LogP) is 4.34. The second-order valence-electron chi connectivity index (χ2n) is 11.0. The molecule has 4 bridgehead atoms. The van der Waals surface area contributed by atoms with Gasteiger partial charge in [0.05, 0.1) is 39.9 Å². The third-order valence-electron chi connectivity index (χ3n) is 7.32. The van der Waals surface area contributed by atoms with Crippen LogP contribution in [0.2, 0.25) is 0 Å². The molecule has 2 aromatic carbocycles. The number of nitrogens with two attached hydrogens (primary N) is 1. The highest BCUT2D eigenvalue weighted by Gasteiger charge is 2.37.